The van der Waals surface area contributed by atoms with E-state index in [1.807, 2.05) is 32.9 Å². The van der Waals surface area contributed by atoms with Crippen molar-refractivity contribution in [2.75, 3.05) is 6.61 Å². The molecular weight excluding hydrogens is 320 g/mol. The van der Waals surface area contributed by atoms with Crippen molar-refractivity contribution in [3.63, 3.8) is 0 Å². The van der Waals surface area contributed by atoms with E-state index in [0.29, 0.717) is 12.2 Å². The van der Waals surface area contributed by atoms with Gasteiger partial charge in [0.25, 0.3) is 0 Å². The average molecular weight is 350 g/mol. The molecule has 25 heavy (non-hydrogen) atoms. The van der Waals surface area contributed by atoms with Crippen LogP contribution in [-0.4, -0.2) is 24.3 Å². The van der Waals surface area contributed by atoms with E-state index in [2.05, 4.69) is 17.8 Å². The molecule has 0 saturated carbocycles. The van der Waals surface area contributed by atoms with E-state index in [9.17, 15) is 9.59 Å². The van der Waals surface area contributed by atoms with E-state index in [4.69, 9.17) is 9.47 Å². The standard InChI is InChI=1S/C19H30N2O4/c1-6-8-9-16(20-21-18(23)25-19(3,4)5)14-10-12-15(13-11-14)17(22)24-7-2/h10-13,16,20H,6-9H2,1-5H3,(H,21,23). The zero-order valence-corrected chi connectivity index (χ0v) is 15.8. The van der Waals surface area contributed by atoms with E-state index < -0.39 is 11.7 Å². The zero-order chi connectivity index (χ0) is 18.9. The Kier molecular flexibility index (Phi) is 8.41. The van der Waals surface area contributed by atoms with Crippen LogP contribution in [0.5, 0.6) is 0 Å². The van der Waals surface area contributed by atoms with Gasteiger partial charge < -0.3 is 9.47 Å². The molecule has 0 spiro atoms. The minimum absolute atomic E-state index is 0.0660. The maximum Gasteiger partial charge on any atom is 0.422 e. The van der Waals surface area contributed by atoms with Crippen molar-refractivity contribution < 1.29 is 19.1 Å². The molecule has 1 amide bonds. The third-order valence-electron chi connectivity index (χ3n) is 3.42. The number of hydrogen-bond donors (Lipinski definition) is 2. The summed E-state index contributed by atoms with van der Waals surface area (Å²) in [7, 11) is 0. The van der Waals surface area contributed by atoms with Crippen LogP contribution in [0.3, 0.4) is 0 Å². The monoisotopic (exact) mass is 350 g/mol. The Labute approximate surface area is 150 Å². The molecular formula is C19H30N2O4. The van der Waals surface area contributed by atoms with E-state index in [1.165, 1.54) is 0 Å². The summed E-state index contributed by atoms with van der Waals surface area (Å²) >= 11 is 0. The van der Waals surface area contributed by atoms with Gasteiger partial charge in [0.05, 0.1) is 18.2 Å². The molecule has 1 rings (SSSR count). The second kappa shape index (κ2) is 10.0. The molecule has 1 aromatic rings. The molecule has 0 aliphatic carbocycles. The van der Waals surface area contributed by atoms with Gasteiger partial charge in [-0.2, -0.15) is 0 Å². The van der Waals surface area contributed by atoms with Crippen LogP contribution < -0.4 is 10.9 Å². The highest BCUT2D eigenvalue weighted by Gasteiger charge is 2.18. The molecule has 0 radical (unpaired) electrons. The van der Waals surface area contributed by atoms with Gasteiger partial charge in [0.1, 0.15) is 5.60 Å². The average Bonchev–Trinajstić information content (AvgIpc) is 2.54. The SMILES string of the molecule is CCCCC(NNC(=O)OC(C)(C)C)c1ccc(C(=O)OCC)cc1. The molecule has 0 aliphatic heterocycles. The summed E-state index contributed by atoms with van der Waals surface area (Å²) in [6.45, 7) is 9.68. The molecule has 0 fully saturated rings. The van der Waals surface area contributed by atoms with Crippen molar-refractivity contribution >= 4 is 12.1 Å². The lowest BCUT2D eigenvalue weighted by Crippen LogP contribution is -2.43. The van der Waals surface area contributed by atoms with Crippen molar-refractivity contribution in [3.05, 3.63) is 35.4 Å². The van der Waals surface area contributed by atoms with Crippen molar-refractivity contribution in [3.8, 4) is 0 Å². The molecule has 1 unspecified atom stereocenters. The van der Waals surface area contributed by atoms with Gasteiger partial charge in [-0.3, -0.25) is 5.43 Å². The quantitative estimate of drug-likeness (QED) is 0.545. The van der Waals surface area contributed by atoms with E-state index in [-0.39, 0.29) is 12.0 Å². The fourth-order valence-corrected chi connectivity index (χ4v) is 2.25. The number of unbranched alkanes of at least 4 members (excludes halogenated alkanes) is 1. The molecule has 6 nitrogen and oxygen atoms in total. The number of nitrogens with one attached hydrogen (secondary N) is 2. The molecule has 0 saturated heterocycles. The summed E-state index contributed by atoms with van der Waals surface area (Å²) < 4.78 is 10.2. The second-order valence-electron chi connectivity index (χ2n) is 6.81. The Morgan fingerprint density at radius 1 is 1.12 bits per heavy atom. The predicted molar refractivity (Wildman–Crippen MR) is 97.2 cm³/mol. The largest absolute Gasteiger partial charge is 0.462 e. The first-order valence-corrected chi connectivity index (χ1v) is 8.78. The number of carbonyl (C=O) groups excluding carboxylic acids is 2. The van der Waals surface area contributed by atoms with Gasteiger partial charge in [-0.1, -0.05) is 31.9 Å². The summed E-state index contributed by atoms with van der Waals surface area (Å²) in [6.07, 6.45) is 2.39. The molecule has 1 aromatic carbocycles. The second-order valence-corrected chi connectivity index (χ2v) is 6.81. The minimum atomic E-state index is -0.550. The van der Waals surface area contributed by atoms with Crippen molar-refractivity contribution in [1.29, 1.82) is 0 Å². The van der Waals surface area contributed by atoms with Crippen LogP contribution in [0.4, 0.5) is 4.79 Å². The zero-order valence-electron chi connectivity index (χ0n) is 15.8. The molecule has 2 N–H and O–H groups in total. The predicted octanol–water partition coefficient (Wildman–Crippen LogP) is 4.12. The highest BCUT2D eigenvalue weighted by molar-refractivity contribution is 5.89. The van der Waals surface area contributed by atoms with Crippen LogP contribution in [0.1, 0.15) is 75.8 Å². The van der Waals surface area contributed by atoms with Crippen molar-refractivity contribution in [2.45, 2.75) is 65.5 Å². The minimum Gasteiger partial charge on any atom is -0.462 e. The number of amides is 1. The fraction of sp³-hybridized carbons (Fsp3) is 0.579. The first-order chi connectivity index (χ1) is 11.8. The first-order valence-electron chi connectivity index (χ1n) is 8.78. The van der Waals surface area contributed by atoms with E-state index in [0.717, 1.165) is 24.8 Å². The van der Waals surface area contributed by atoms with E-state index >= 15 is 0 Å². The van der Waals surface area contributed by atoms with Crippen LogP contribution in [-0.2, 0) is 9.47 Å². The Bertz CT molecular complexity index is 550. The smallest absolute Gasteiger partial charge is 0.422 e. The molecule has 0 heterocycles. The van der Waals surface area contributed by atoms with Gasteiger partial charge in [-0.25, -0.2) is 15.0 Å². The number of benzene rings is 1. The number of esters is 1. The Morgan fingerprint density at radius 2 is 1.76 bits per heavy atom. The number of hydrazine groups is 1. The lowest BCUT2D eigenvalue weighted by Gasteiger charge is -2.23. The van der Waals surface area contributed by atoms with Crippen LogP contribution >= 0.6 is 0 Å². The first kappa shape index (κ1) is 21.0. The van der Waals surface area contributed by atoms with Crippen LogP contribution in [0, 0.1) is 0 Å². The highest BCUT2D eigenvalue weighted by Crippen LogP contribution is 2.20. The molecule has 140 valence electrons. The van der Waals surface area contributed by atoms with Gasteiger partial charge in [0.2, 0.25) is 0 Å². The molecule has 0 bridgehead atoms. The molecule has 0 aromatic heterocycles. The number of carbonyl (C=O) groups is 2. The summed E-state index contributed by atoms with van der Waals surface area (Å²) in [5.74, 6) is -0.334. The third kappa shape index (κ3) is 8.03. The Balaban J connectivity index is 2.74. The topological polar surface area (TPSA) is 76.7 Å². The summed E-state index contributed by atoms with van der Waals surface area (Å²) in [5, 5.41) is 0. The van der Waals surface area contributed by atoms with Crippen molar-refractivity contribution in [1.82, 2.24) is 10.9 Å². The van der Waals surface area contributed by atoms with Crippen molar-refractivity contribution in [2.24, 2.45) is 0 Å². The van der Waals surface area contributed by atoms with Gasteiger partial charge in [0.15, 0.2) is 0 Å². The van der Waals surface area contributed by atoms with Gasteiger partial charge in [0, 0.05) is 0 Å². The Hall–Kier alpha value is -2.08. The number of ether oxygens (including phenoxy) is 2. The van der Waals surface area contributed by atoms with Crippen LogP contribution in [0.25, 0.3) is 0 Å². The molecule has 0 aliphatic rings. The highest BCUT2D eigenvalue weighted by atomic mass is 16.6. The summed E-state index contributed by atoms with van der Waals surface area (Å²) in [5.41, 5.74) is 6.58. The van der Waals surface area contributed by atoms with Crippen LogP contribution in [0.2, 0.25) is 0 Å². The van der Waals surface area contributed by atoms with Gasteiger partial charge in [-0.05, 0) is 51.8 Å². The summed E-state index contributed by atoms with van der Waals surface area (Å²) in [6, 6.07) is 7.15. The number of hydrogen-bond acceptors (Lipinski definition) is 5. The lowest BCUT2D eigenvalue weighted by molar-refractivity contribution is 0.0484. The number of rotatable bonds is 8. The maximum absolute atomic E-state index is 11.8. The molecule has 1 atom stereocenters. The van der Waals surface area contributed by atoms with Gasteiger partial charge in [-0.15, -0.1) is 0 Å². The van der Waals surface area contributed by atoms with Gasteiger partial charge >= 0.3 is 12.1 Å². The van der Waals surface area contributed by atoms with Crippen LogP contribution in [0.15, 0.2) is 24.3 Å². The van der Waals surface area contributed by atoms with E-state index in [1.54, 1.807) is 19.1 Å². The molecule has 6 heteroatoms. The third-order valence-corrected chi connectivity index (χ3v) is 3.42. The normalized spacial score (nSPS) is 12.4. The fourth-order valence-electron chi connectivity index (χ4n) is 2.25. The lowest BCUT2D eigenvalue weighted by atomic mass is 10.0. The Morgan fingerprint density at radius 3 is 2.28 bits per heavy atom. The maximum atomic E-state index is 11.8. The summed E-state index contributed by atoms with van der Waals surface area (Å²) in [4.78, 5) is 23.6.